The molecule has 1 aromatic carbocycles. The molecule has 0 spiro atoms. The van der Waals surface area contributed by atoms with Crippen molar-refractivity contribution in [1.82, 2.24) is 9.55 Å². The van der Waals surface area contributed by atoms with Gasteiger partial charge in [0.1, 0.15) is 5.82 Å². The number of ether oxygens (including phenoxy) is 1. The number of esters is 1. The lowest BCUT2D eigenvalue weighted by molar-refractivity contribution is 0.0601. The minimum atomic E-state index is -0.276. The average molecular weight is 364 g/mol. The quantitative estimate of drug-likeness (QED) is 0.360. The maximum atomic E-state index is 12.6. The van der Waals surface area contributed by atoms with E-state index in [0.717, 1.165) is 35.3 Å². The molecule has 0 saturated heterocycles. The predicted octanol–water partition coefficient (Wildman–Crippen LogP) is 5.72. The van der Waals surface area contributed by atoms with E-state index in [0.29, 0.717) is 5.56 Å². The second-order valence-corrected chi connectivity index (χ2v) is 6.87. The maximum Gasteiger partial charge on any atom is 0.340 e. The fourth-order valence-corrected chi connectivity index (χ4v) is 3.68. The van der Waals surface area contributed by atoms with Gasteiger partial charge in [0.25, 0.3) is 0 Å². The molecular formula is C23H28N2O2. The van der Waals surface area contributed by atoms with Crippen molar-refractivity contribution in [3.8, 4) is 5.82 Å². The smallest absolute Gasteiger partial charge is 0.340 e. The zero-order valence-corrected chi connectivity index (χ0v) is 16.3. The number of para-hydroxylation sites is 1. The number of carbonyl (C=O) groups excluding carboxylic acids is 1. The first-order valence-electron chi connectivity index (χ1n) is 9.90. The van der Waals surface area contributed by atoms with Crippen molar-refractivity contribution in [2.75, 3.05) is 7.11 Å². The Balaban J connectivity index is 2.01. The van der Waals surface area contributed by atoms with Crippen molar-refractivity contribution in [2.24, 2.45) is 0 Å². The van der Waals surface area contributed by atoms with E-state index < -0.39 is 0 Å². The Hall–Kier alpha value is -2.62. The third-order valence-electron chi connectivity index (χ3n) is 5.01. The number of aromatic nitrogens is 2. The monoisotopic (exact) mass is 364 g/mol. The topological polar surface area (TPSA) is 44.1 Å². The van der Waals surface area contributed by atoms with Gasteiger partial charge in [-0.1, -0.05) is 63.3 Å². The van der Waals surface area contributed by atoms with Crippen LogP contribution in [0.1, 0.15) is 61.5 Å². The minimum Gasteiger partial charge on any atom is -0.465 e. The summed E-state index contributed by atoms with van der Waals surface area (Å²) >= 11 is 0. The molecule has 3 rings (SSSR count). The van der Waals surface area contributed by atoms with E-state index in [4.69, 9.17) is 4.74 Å². The molecule has 27 heavy (non-hydrogen) atoms. The first-order chi connectivity index (χ1) is 13.3. The summed E-state index contributed by atoms with van der Waals surface area (Å²) in [6.07, 6.45) is 9.91. The van der Waals surface area contributed by atoms with E-state index in [1.807, 2.05) is 42.5 Å². The van der Waals surface area contributed by atoms with Crippen LogP contribution in [0.4, 0.5) is 0 Å². The fourth-order valence-electron chi connectivity index (χ4n) is 3.68. The lowest BCUT2D eigenvalue weighted by Crippen LogP contribution is -2.09. The van der Waals surface area contributed by atoms with Gasteiger partial charge in [0, 0.05) is 17.3 Å². The summed E-state index contributed by atoms with van der Waals surface area (Å²) in [6.45, 7) is 2.23. The lowest BCUT2D eigenvalue weighted by atomic mass is 10.0. The number of rotatable bonds is 9. The number of hydrogen-bond acceptors (Lipinski definition) is 3. The molecule has 0 bridgehead atoms. The molecule has 2 aromatic heterocycles. The molecule has 0 saturated carbocycles. The lowest BCUT2D eigenvalue weighted by Gasteiger charge is -2.11. The molecule has 0 fully saturated rings. The van der Waals surface area contributed by atoms with Gasteiger partial charge in [-0.05, 0) is 31.0 Å². The van der Waals surface area contributed by atoms with Crippen LogP contribution in [0, 0.1) is 0 Å². The molecule has 142 valence electrons. The number of fused-ring (bicyclic) bond motifs is 1. The normalized spacial score (nSPS) is 11.0. The second-order valence-electron chi connectivity index (χ2n) is 6.87. The third kappa shape index (κ3) is 4.21. The summed E-state index contributed by atoms with van der Waals surface area (Å²) in [5, 5.41) is 0.927. The van der Waals surface area contributed by atoms with Crippen molar-refractivity contribution in [1.29, 1.82) is 0 Å². The van der Waals surface area contributed by atoms with Crippen LogP contribution in [0.25, 0.3) is 16.7 Å². The van der Waals surface area contributed by atoms with Crippen molar-refractivity contribution >= 4 is 16.9 Å². The molecule has 0 aliphatic rings. The molecule has 0 N–H and O–H groups in total. The molecule has 3 aromatic rings. The molecule has 0 radical (unpaired) electrons. The molecule has 4 heteroatoms. The van der Waals surface area contributed by atoms with Crippen LogP contribution < -0.4 is 0 Å². The number of pyridine rings is 1. The van der Waals surface area contributed by atoms with Gasteiger partial charge < -0.3 is 4.74 Å². The largest absolute Gasteiger partial charge is 0.465 e. The number of carbonyl (C=O) groups is 1. The second kappa shape index (κ2) is 9.36. The minimum absolute atomic E-state index is 0.276. The number of hydrogen-bond donors (Lipinski definition) is 0. The van der Waals surface area contributed by atoms with Gasteiger partial charge in [-0.25, -0.2) is 9.78 Å². The number of methoxy groups -OCH3 is 1. The summed E-state index contributed by atoms with van der Waals surface area (Å²) < 4.78 is 7.24. The molecular weight excluding hydrogens is 336 g/mol. The van der Waals surface area contributed by atoms with Crippen LogP contribution in [0.5, 0.6) is 0 Å². The van der Waals surface area contributed by atoms with Crippen LogP contribution in [0.15, 0.2) is 48.7 Å². The first-order valence-corrected chi connectivity index (χ1v) is 9.90. The molecule has 0 amide bonds. The van der Waals surface area contributed by atoms with E-state index in [1.54, 1.807) is 6.20 Å². The molecule has 0 aliphatic carbocycles. The van der Waals surface area contributed by atoms with E-state index >= 15 is 0 Å². The Morgan fingerprint density at radius 3 is 2.48 bits per heavy atom. The van der Waals surface area contributed by atoms with E-state index in [1.165, 1.54) is 39.2 Å². The summed E-state index contributed by atoms with van der Waals surface area (Å²) in [5.41, 5.74) is 2.67. The highest BCUT2D eigenvalue weighted by Gasteiger charge is 2.23. The molecule has 0 unspecified atom stereocenters. The van der Waals surface area contributed by atoms with Crippen LogP contribution in [0.2, 0.25) is 0 Å². The van der Waals surface area contributed by atoms with Gasteiger partial charge in [-0.3, -0.25) is 4.57 Å². The van der Waals surface area contributed by atoms with Crippen LogP contribution in [0.3, 0.4) is 0 Å². The number of unbranched alkanes of at least 4 members (excludes halogenated alkanes) is 5. The first kappa shape index (κ1) is 19.2. The third-order valence-corrected chi connectivity index (χ3v) is 5.01. The van der Waals surface area contributed by atoms with Crippen LogP contribution >= 0.6 is 0 Å². The Bertz CT molecular complexity index is 884. The molecule has 2 heterocycles. The van der Waals surface area contributed by atoms with Gasteiger partial charge in [-0.15, -0.1) is 0 Å². The fraction of sp³-hybridized carbons (Fsp3) is 0.391. The zero-order valence-electron chi connectivity index (χ0n) is 16.3. The van der Waals surface area contributed by atoms with Crippen LogP contribution in [-0.4, -0.2) is 22.6 Å². The Kier molecular flexibility index (Phi) is 6.64. The van der Waals surface area contributed by atoms with Gasteiger partial charge in [-0.2, -0.15) is 0 Å². The summed E-state index contributed by atoms with van der Waals surface area (Å²) in [6, 6.07) is 13.9. The van der Waals surface area contributed by atoms with Gasteiger partial charge in [0.15, 0.2) is 0 Å². The summed E-state index contributed by atoms with van der Waals surface area (Å²) in [4.78, 5) is 17.1. The van der Waals surface area contributed by atoms with E-state index in [-0.39, 0.29) is 5.97 Å². The predicted molar refractivity (Wildman–Crippen MR) is 109 cm³/mol. The van der Waals surface area contributed by atoms with Gasteiger partial charge >= 0.3 is 5.97 Å². The van der Waals surface area contributed by atoms with E-state index in [2.05, 4.69) is 16.5 Å². The standard InChI is InChI=1S/C23H28N2O2/c1-3-4-5-6-7-8-15-20-22(23(26)27-2)18-13-9-10-14-19(18)25(20)21-16-11-12-17-24-21/h9-14,16-17H,3-8,15H2,1-2H3. The van der Waals surface area contributed by atoms with Crippen molar-refractivity contribution in [3.05, 3.63) is 59.9 Å². The number of nitrogens with zero attached hydrogens (tertiary/aromatic N) is 2. The van der Waals surface area contributed by atoms with E-state index in [9.17, 15) is 4.79 Å². The van der Waals surface area contributed by atoms with Gasteiger partial charge in [0.05, 0.1) is 18.2 Å². The zero-order chi connectivity index (χ0) is 19.1. The Labute approximate surface area is 161 Å². The Morgan fingerprint density at radius 1 is 1.00 bits per heavy atom. The average Bonchev–Trinajstić information content (AvgIpc) is 3.04. The van der Waals surface area contributed by atoms with Crippen LogP contribution in [-0.2, 0) is 11.2 Å². The highest BCUT2D eigenvalue weighted by molar-refractivity contribution is 6.06. The summed E-state index contributed by atoms with van der Waals surface area (Å²) in [7, 11) is 1.45. The maximum absolute atomic E-state index is 12.6. The highest BCUT2D eigenvalue weighted by atomic mass is 16.5. The highest BCUT2D eigenvalue weighted by Crippen LogP contribution is 2.31. The number of benzene rings is 1. The molecule has 4 nitrogen and oxygen atoms in total. The molecule has 0 aliphatic heterocycles. The van der Waals surface area contributed by atoms with Crippen molar-refractivity contribution in [2.45, 2.75) is 51.9 Å². The van der Waals surface area contributed by atoms with Crippen molar-refractivity contribution in [3.63, 3.8) is 0 Å². The van der Waals surface area contributed by atoms with Crippen molar-refractivity contribution < 1.29 is 9.53 Å². The Morgan fingerprint density at radius 2 is 1.74 bits per heavy atom. The molecule has 0 atom stereocenters. The summed E-state index contributed by atoms with van der Waals surface area (Å²) in [5.74, 6) is 0.562. The van der Waals surface area contributed by atoms with Gasteiger partial charge in [0.2, 0.25) is 0 Å². The SMILES string of the molecule is CCCCCCCCc1c(C(=O)OC)c2ccccc2n1-c1ccccn1.